The largest absolute Gasteiger partial charge is 0.442 e. The number of carbonyl (C=O) groups excluding carboxylic acids is 4. The van der Waals surface area contributed by atoms with Crippen molar-refractivity contribution in [2.24, 2.45) is 5.73 Å². The lowest BCUT2D eigenvalue weighted by Crippen LogP contribution is -2.43. The van der Waals surface area contributed by atoms with Crippen molar-refractivity contribution in [3.63, 3.8) is 0 Å². The van der Waals surface area contributed by atoms with Crippen LogP contribution in [0.2, 0.25) is 0 Å². The van der Waals surface area contributed by atoms with Crippen molar-refractivity contribution in [1.82, 2.24) is 4.90 Å². The van der Waals surface area contributed by atoms with Crippen LogP contribution in [0.25, 0.3) is 0 Å². The number of rotatable bonds is 7. The third kappa shape index (κ3) is 5.11. The number of anilines is 2. The molecule has 0 spiro atoms. The molecule has 2 aliphatic heterocycles. The average molecular weight is 487 g/mol. The van der Waals surface area contributed by atoms with Crippen molar-refractivity contribution >= 4 is 46.5 Å². The number of hydrogen-bond donors (Lipinski definition) is 1. The maximum atomic E-state index is 13.0. The molecule has 2 N–H and O–H groups in total. The summed E-state index contributed by atoms with van der Waals surface area (Å²) in [6.07, 6.45) is -1.23. The molecule has 0 unspecified atom stereocenters. The van der Waals surface area contributed by atoms with Gasteiger partial charge in [0.25, 0.3) is 11.8 Å². The van der Waals surface area contributed by atoms with Gasteiger partial charge >= 0.3 is 6.09 Å². The second-order valence-corrected chi connectivity index (χ2v) is 9.28. The Labute approximate surface area is 200 Å². The van der Waals surface area contributed by atoms with Crippen LogP contribution in [0.15, 0.2) is 36.4 Å². The third-order valence-corrected chi connectivity index (χ3v) is 6.56. The van der Waals surface area contributed by atoms with E-state index in [0.717, 1.165) is 15.5 Å². The Kier molecular flexibility index (Phi) is 7.25. The van der Waals surface area contributed by atoms with E-state index in [1.165, 1.54) is 16.2 Å². The summed E-state index contributed by atoms with van der Waals surface area (Å²) in [7, 11) is 0. The summed E-state index contributed by atoms with van der Waals surface area (Å²) in [6, 6.07) is 10.5. The van der Waals surface area contributed by atoms with Crippen LogP contribution in [0.1, 0.15) is 21.0 Å². The molecule has 1 aromatic heterocycles. The van der Waals surface area contributed by atoms with Crippen LogP contribution < -0.4 is 15.5 Å². The van der Waals surface area contributed by atoms with E-state index in [9.17, 15) is 19.2 Å². The van der Waals surface area contributed by atoms with Gasteiger partial charge in [-0.25, -0.2) is 4.79 Å². The van der Waals surface area contributed by atoms with E-state index in [1.807, 2.05) is 13.0 Å². The molecule has 4 amide bonds. The minimum Gasteiger partial charge on any atom is -0.442 e. The summed E-state index contributed by atoms with van der Waals surface area (Å²) in [4.78, 5) is 55.8. The van der Waals surface area contributed by atoms with Crippen molar-refractivity contribution < 1.29 is 28.7 Å². The monoisotopic (exact) mass is 486 g/mol. The fraction of sp³-hybridized carbons (Fsp3) is 0.391. The lowest BCUT2D eigenvalue weighted by molar-refractivity contribution is -0.129. The Morgan fingerprint density at radius 3 is 2.44 bits per heavy atom. The van der Waals surface area contributed by atoms with Crippen LogP contribution in [0, 0.1) is 6.92 Å². The lowest BCUT2D eigenvalue weighted by atomic mass is 10.2. The van der Waals surface area contributed by atoms with E-state index < -0.39 is 24.0 Å². The molecule has 0 aliphatic carbocycles. The van der Waals surface area contributed by atoms with E-state index >= 15 is 0 Å². The molecule has 3 heterocycles. The van der Waals surface area contributed by atoms with Crippen LogP contribution in [0.4, 0.5) is 16.2 Å². The van der Waals surface area contributed by atoms with Crippen molar-refractivity contribution in [2.75, 3.05) is 49.2 Å². The molecule has 1 atom stereocenters. The molecule has 2 aliphatic rings. The normalized spacial score (nSPS) is 18.2. The highest BCUT2D eigenvalue weighted by molar-refractivity contribution is 7.14. The van der Waals surface area contributed by atoms with Gasteiger partial charge in [0.1, 0.15) is 12.7 Å². The molecule has 0 saturated carbocycles. The first kappa shape index (κ1) is 23.9. The molecule has 0 bridgehead atoms. The Morgan fingerprint density at radius 1 is 1.12 bits per heavy atom. The Bertz CT molecular complexity index is 1090. The van der Waals surface area contributed by atoms with E-state index in [1.54, 1.807) is 35.2 Å². The molecule has 10 nitrogen and oxygen atoms in total. The Hall–Kier alpha value is -3.28. The summed E-state index contributed by atoms with van der Waals surface area (Å²) in [5.74, 6) is -0.953. The van der Waals surface area contributed by atoms with Gasteiger partial charge in [-0.2, -0.15) is 0 Å². The Balaban J connectivity index is 1.45. The summed E-state index contributed by atoms with van der Waals surface area (Å²) in [5, 5.41) is 0. The number of benzene rings is 1. The Morgan fingerprint density at radius 2 is 1.82 bits per heavy atom. The van der Waals surface area contributed by atoms with Crippen LogP contribution in [0.3, 0.4) is 0 Å². The smallest absolute Gasteiger partial charge is 0.414 e. The van der Waals surface area contributed by atoms with Gasteiger partial charge in [-0.3, -0.25) is 24.2 Å². The predicted molar refractivity (Wildman–Crippen MR) is 126 cm³/mol. The minimum atomic E-state index is -0.681. The molecule has 2 aromatic rings. The molecule has 0 radical (unpaired) electrons. The maximum Gasteiger partial charge on any atom is 0.414 e. The summed E-state index contributed by atoms with van der Waals surface area (Å²) in [5.41, 5.74) is 6.85. The zero-order valence-corrected chi connectivity index (χ0v) is 19.6. The number of imide groups is 1. The van der Waals surface area contributed by atoms with Gasteiger partial charge in [0, 0.05) is 35.8 Å². The molecule has 2 saturated heterocycles. The van der Waals surface area contributed by atoms with E-state index in [-0.39, 0.29) is 38.6 Å². The fourth-order valence-electron chi connectivity index (χ4n) is 3.87. The van der Waals surface area contributed by atoms with Crippen LogP contribution in [-0.4, -0.2) is 74.2 Å². The van der Waals surface area contributed by atoms with E-state index in [2.05, 4.69) is 0 Å². The summed E-state index contributed by atoms with van der Waals surface area (Å²) in [6.45, 7) is 3.10. The molecule has 4 rings (SSSR count). The quantitative estimate of drug-likeness (QED) is 0.633. The summed E-state index contributed by atoms with van der Waals surface area (Å²) < 4.78 is 10.6. The van der Waals surface area contributed by atoms with Crippen LogP contribution >= 0.6 is 11.3 Å². The SMILES string of the molecule is Cc1ccc(C(=O)N(C[C@H]2CN(c3ccc(N4CCOCC4=O)cc3)C(=O)O2)C(=O)CCN)s1. The molecule has 11 heteroatoms. The number of aryl methyl sites for hydroxylation is 1. The average Bonchev–Trinajstić information content (AvgIpc) is 3.43. The minimum absolute atomic E-state index is 0.0161. The number of hydrogen-bond acceptors (Lipinski definition) is 8. The van der Waals surface area contributed by atoms with Gasteiger partial charge in [-0.15, -0.1) is 11.3 Å². The molecule has 180 valence electrons. The second kappa shape index (κ2) is 10.3. The maximum absolute atomic E-state index is 13.0. The number of amides is 4. The standard InChI is InChI=1S/C23H26N4O6S/c1-15-2-7-19(34-15)22(30)27(20(28)8-9-24)13-18-12-26(23(31)33-18)17-5-3-16(4-6-17)25-10-11-32-14-21(25)29/h2-7,18H,8-14,24H2,1H3/t18-/m1/s1. The highest BCUT2D eigenvalue weighted by Gasteiger charge is 2.36. The molecular formula is C23H26N4O6S. The number of carbonyl (C=O) groups is 4. The molecular weight excluding hydrogens is 460 g/mol. The van der Waals surface area contributed by atoms with E-state index in [0.29, 0.717) is 23.7 Å². The van der Waals surface area contributed by atoms with Crippen molar-refractivity contribution in [3.8, 4) is 0 Å². The first-order chi connectivity index (χ1) is 16.4. The predicted octanol–water partition coefficient (Wildman–Crippen LogP) is 1.76. The first-order valence-electron chi connectivity index (χ1n) is 10.9. The third-order valence-electron chi connectivity index (χ3n) is 5.57. The topological polar surface area (TPSA) is 122 Å². The molecule has 2 fully saturated rings. The zero-order valence-electron chi connectivity index (χ0n) is 18.8. The van der Waals surface area contributed by atoms with Gasteiger partial charge in [0.2, 0.25) is 5.91 Å². The first-order valence-corrected chi connectivity index (χ1v) is 11.8. The number of ether oxygens (including phenoxy) is 2. The molecule has 1 aromatic carbocycles. The van der Waals surface area contributed by atoms with Gasteiger partial charge in [-0.05, 0) is 43.3 Å². The number of thiophene rings is 1. The fourth-order valence-corrected chi connectivity index (χ4v) is 4.69. The lowest BCUT2D eigenvalue weighted by Gasteiger charge is -2.27. The van der Waals surface area contributed by atoms with Crippen LogP contribution in [-0.2, 0) is 19.1 Å². The number of cyclic esters (lactones) is 1. The van der Waals surface area contributed by atoms with Gasteiger partial charge in [0.15, 0.2) is 0 Å². The van der Waals surface area contributed by atoms with Crippen molar-refractivity contribution in [2.45, 2.75) is 19.4 Å². The number of nitrogens with two attached hydrogens (primary N) is 1. The van der Waals surface area contributed by atoms with E-state index in [4.69, 9.17) is 15.2 Å². The molecule has 34 heavy (non-hydrogen) atoms. The van der Waals surface area contributed by atoms with Crippen LogP contribution in [0.5, 0.6) is 0 Å². The van der Waals surface area contributed by atoms with Crippen molar-refractivity contribution in [3.05, 3.63) is 46.2 Å². The van der Waals surface area contributed by atoms with Gasteiger partial charge in [-0.1, -0.05) is 0 Å². The van der Waals surface area contributed by atoms with Gasteiger partial charge in [0.05, 0.1) is 24.6 Å². The number of nitrogens with zero attached hydrogens (tertiary/aromatic N) is 3. The van der Waals surface area contributed by atoms with Crippen molar-refractivity contribution in [1.29, 1.82) is 0 Å². The zero-order chi connectivity index (χ0) is 24.2. The number of morpholine rings is 1. The highest BCUT2D eigenvalue weighted by atomic mass is 32.1. The highest BCUT2D eigenvalue weighted by Crippen LogP contribution is 2.26. The van der Waals surface area contributed by atoms with Gasteiger partial charge < -0.3 is 20.1 Å². The second-order valence-electron chi connectivity index (χ2n) is 7.99. The summed E-state index contributed by atoms with van der Waals surface area (Å²) >= 11 is 1.30.